The Morgan fingerprint density at radius 3 is 2.37 bits per heavy atom. The number of rotatable bonds is 5. The molecule has 0 radical (unpaired) electrons. The number of sulfonamides is 1. The van der Waals surface area contributed by atoms with Crippen molar-refractivity contribution in [3.8, 4) is 0 Å². The molecule has 0 saturated carbocycles. The number of benzene rings is 2. The second kappa shape index (κ2) is 11.1. The van der Waals surface area contributed by atoms with Gasteiger partial charge in [0.05, 0.1) is 10.8 Å². The Hall–Kier alpha value is -2.91. The van der Waals surface area contributed by atoms with Crippen molar-refractivity contribution in [3.05, 3.63) is 48.0 Å². The predicted molar refractivity (Wildman–Crippen MR) is 150 cm³/mol. The van der Waals surface area contributed by atoms with Gasteiger partial charge in [0.15, 0.2) is 0 Å². The number of nitrogens with one attached hydrogen (secondary N) is 1. The van der Waals surface area contributed by atoms with E-state index < -0.39 is 15.9 Å². The van der Waals surface area contributed by atoms with Crippen molar-refractivity contribution in [3.63, 3.8) is 0 Å². The van der Waals surface area contributed by atoms with Gasteiger partial charge in [-0.05, 0) is 92.5 Å². The molecule has 2 saturated heterocycles. The van der Waals surface area contributed by atoms with Gasteiger partial charge < -0.3 is 15.1 Å². The van der Waals surface area contributed by atoms with Crippen LogP contribution < -0.4 is 15.1 Å². The lowest BCUT2D eigenvalue weighted by molar-refractivity contribution is -0.121. The van der Waals surface area contributed by atoms with Crippen LogP contribution in [0.5, 0.6) is 0 Å². The Bertz CT molecular complexity index is 1290. The van der Waals surface area contributed by atoms with Gasteiger partial charge in [-0.25, -0.2) is 8.42 Å². The predicted octanol–water partition coefficient (Wildman–Crippen LogP) is 4.26. The molecule has 204 valence electrons. The van der Waals surface area contributed by atoms with Crippen LogP contribution in [0.2, 0.25) is 0 Å². The highest BCUT2D eigenvalue weighted by molar-refractivity contribution is 7.89. The first-order valence-corrected chi connectivity index (χ1v) is 15.2. The highest BCUT2D eigenvalue weighted by atomic mass is 32.2. The number of anilines is 3. The van der Waals surface area contributed by atoms with Crippen LogP contribution in [0.15, 0.2) is 47.4 Å². The molecule has 1 atom stereocenters. The summed E-state index contributed by atoms with van der Waals surface area (Å²) in [5, 5.41) is 3.00. The summed E-state index contributed by atoms with van der Waals surface area (Å²) in [6, 6.07) is 13.0. The molecule has 0 unspecified atom stereocenters. The highest BCUT2D eigenvalue weighted by Gasteiger charge is 2.34. The van der Waals surface area contributed by atoms with Crippen molar-refractivity contribution in [2.45, 2.75) is 57.3 Å². The standard InChI is InChI=1S/C29H38N4O4S/c1-21-13-17-31(18-14-21)26-9-7-25(8-10-26)30-29(35)24-6-3-15-32(20-24)38(36,37)27-11-12-28-23(19-27)5-4-16-33(28)22(2)34/h7-12,19,21,24H,3-6,13-18,20H2,1-2H3,(H,30,35)/t24-/m0/s1. The van der Waals surface area contributed by atoms with Gasteiger partial charge in [0.1, 0.15) is 0 Å². The number of fused-ring (bicyclic) bond motifs is 1. The third-order valence-electron chi connectivity index (χ3n) is 8.23. The molecule has 0 aliphatic carbocycles. The van der Waals surface area contributed by atoms with Crippen molar-refractivity contribution >= 4 is 38.9 Å². The molecular formula is C29H38N4O4S. The monoisotopic (exact) mass is 538 g/mol. The highest BCUT2D eigenvalue weighted by Crippen LogP contribution is 2.32. The minimum atomic E-state index is -3.75. The van der Waals surface area contributed by atoms with Crippen LogP contribution in [0.1, 0.15) is 51.5 Å². The number of amides is 2. The normalized spacial score (nSPS) is 21.2. The van der Waals surface area contributed by atoms with Crippen LogP contribution in [0, 0.1) is 11.8 Å². The maximum atomic E-state index is 13.5. The maximum Gasteiger partial charge on any atom is 0.243 e. The SMILES string of the molecule is CC(=O)N1CCCc2cc(S(=O)(=O)N3CCC[C@H](C(=O)Nc4ccc(N5CCC(C)CC5)cc4)C3)ccc21. The first kappa shape index (κ1) is 26.7. The zero-order valence-corrected chi connectivity index (χ0v) is 23.2. The Kier molecular flexibility index (Phi) is 7.77. The van der Waals surface area contributed by atoms with Gasteiger partial charge in [-0.3, -0.25) is 9.59 Å². The van der Waals surface area contributed by atoms with Gasteiger partial charge in [0, 0.05) is 56.7 Å². The lowest BCUT2D eigenvalue weighted by Gasteiger charge is -2.33. The first-order valence-electron chi connectivity index (χ1n) is 13.8. The van der Waals surface area contributed by atoms with Gasteiger partial charge in [-0.15, -0.1) is 0 Å². The lowest BCUT2D eigenvalue weighted by atomic mass is 9.98. The van der Waals surface area contributed by atoms with Crippen LogP contribution in [0.25, 0.3) is 0 Å². The fourth-order valence-electron chi connectivity index (χ4n) is 5.85. The van der Waals surface area contributed by atoms with Crippen LogP contribution in [-0.4, -0.2) is 57.3 Å². The van der Waals surface area contributed by atoms with E-state index in [-0.39, 0.29) is 23.3 Å². The van der Waals surface area contributed by atoms with E-state index in [1.54, 1.807) is 23.1 Å². The summed E-state index contributed by atoms with van der Waals surface area (Å²) < 4.78 is 28.5. The average molecular weight is 539 g/mol. The van der Waals surface area contributed by atoms with E-state index in [1.165, 1.54) is 29.8 Å². The summed E-state index contributed by atoms with van der Waals surface area (Å²) in [6.07, 6.45) is 5.22. The van der Waals surface area contributed by atoms with Gasteiger partial charge in [-0.1, -0.05) is 6.92 Å². The molecule has 2 amide bonds. The summed E-state index contributed by atoms with van der Waals surface area (Å²) in [5.41, 5.74) is 3.57. The zero-order chi connectivity index (χ0) is 26.9. The molecule has 0 bridgehead atoms. The van der Waals surface area contributed by atoms with Crippen molar-refractivity contribution in [2.75, 3.05) is 47.8 Å². The van der Waals surface area contributed by atoms with Crippen molar-refractivity contribution in [1.29, 1.82) is 0 Å². The molecule has 0 spiro atoms. The molecule has 0 aromatic heterocycles. The first-order chi connectivity index (χ1) is 18.2. The molecular weight excluding hydrogens is 500 g/mol. The van der Waals surface area contributed by atoms with Gasteiger partial charge in [0.2, 0.25) is 21.8 Å². The molecule has 2 fully saturated rings. The molecule has 3 heterocycles. The largest absolute Gasteiger partial charge is 0.372 e. The number of hydrogen-bond donors (Lipinski definition) is 1. The number of hydrogen-bond acceptors (Lipinski definition) is 5. The van der Waals surface area contributed by atoms with E-state index in [0.29, 0.717) is 25.9 Å². The second-order valence-electron chi connectivity index (χ2n) is 11.0. The van der Waals surface area contributed by atoms with Gasteiger partial charge in [-0.2, -0.15) is 4.31 Å². The van der Waals surface area contributed by atoms with Crippen LogP contribution in [0.3, 0.4) is 0 Å². The fraction of sp³-hybridized carbons (Fsp3) is 0.517. The van der Waals surface area contributed by atoms with E-state index in [0.717, 1.165) is 48.8 Å². The Morgan fingerprint density at radius 2 is 1.66 bits per heavy atom. The van der Waals surface area contributed by atoms with Crippen LogP contribution in [-0.2, 0) is 26.0 Å². The lowest BCUT2D eigenvalue weighted by Crippen LogP contribution is -2.43. The van der Waals surface area contributed by atoms with E-state index >= 15 is 0 Å². The number of carbonyl (C=O) groups excluding carboxylic acids is 2. The molecule has 2 aromatic rings. The topological polar surface area (TPSA) is 90.0 Å². The molecule has 3 aliphatic rings. The molecule has 38 heavy (non-hydrogen) atoms. The van der Waals surface area contributed by atoms with Gasteiger partial charge in [0.25, 0.3) is 0 Å². The number of piperidine rings is 2. The van der Waals surface area contributed by atoms with Crippen molar-refractivity contribution < 1.29 is 18.0 Å². The summed E-state index contributed by atoms with van der Waals surface area (Å²) in [6.45, 7) is 7.14. The van der Waals surface area contributed by atoms with Crippen LogP contribution in [0.4, 0.5) is 17.1 Å². The Morgan fingerprint density at radius 1 is 0.921 bits per heavy atom. The summed E-state index contributed by atoms with van der Waals surface area (Å²) in [7, 11) is -3.75. The zero-order valence-electron chi connectivity index (χ0n) is 22.4. The van der Waals surface area contributed by atoms with E-state index in [1.807, 2.05) is 24.3 Å². The minimum absolute atomic E-state index is 0.0396. The minimum Gasteiger partial charge on any atom is -0.372 e. The maximum absolute atomic E-state index is 13.5. The molecule has 5 rings (SSSR count). The van der Waals surface area contributed by atoms with Crippen LogP contribution >= 0.6 is 0 Å². The average Bonchev–Trinajstić information content (AvgIpc) is 2.93. The number of aryl methyl sites for hydroxylation is 1. The number of nitrogens with zero attached hydrogens (tertiary/aromatic N) is 3. The molecule has 1 N–H and O–H groups in total. The third kappa shape index (κ3) is 5.59. The van der Waals surface area contributed by atoms with E-state index in [2.05, 4.69) is 17.1 Å². The molecule has 9 heteroatoms. The van der Waals surface area contributed by atoms with Gasteiger partial charge >= 0.3 is 0 Å². The third-order valence-corrected chi connectivity index (χ3v) is 10.1. The quantitative estimate of drug-likeness (QED) is 0.614. The smallest absolute Gasteiger partial charge is 0.243 e. The van der Waals surface area contributed by atoms with Crippen molar-refractivity contribution in [1.82, 2.24) is 4.31 Å². The summed E-state index contributed by atoms with van der Waals surface area (Å²) in [4.78, 5) is 29.4. The Labute approximate surface area is 226 Å². The second-order valence-corrected chi connectivity index (χ2v) is 12.9. The van der Waals surface area contributed by atoms with E-state index in [4.69, 9.17) is 0 Å². The molecule has 3 aliphatic heterocycles. The molecule has 8 nitrogen and oxygen atoms in total. The summed E-state index contributed by atoms with van der Waals surface area (Å²) in [5.74, 6) is 0.176. The Balaban J connectivity index is 1.24. The van der Waals surface area contributed by atoms with E-state index in [9.17, 15) is 18.0 Å². The van der Waals surface area contributed by atoms with Crippen molar-refractivity contribution in [2.24, 2.45) is 11.8 Å². The molecule has 2 aromatic carbocycles. The summed E-state index contributed by atoms with van der Waals surface area (Å²) >= 11 is 0. The fourth-order valence-corrected chi connectivity index (χ4v) is 7.43. The number of carbonyl (C=O) groups is 2.